The highest BCUT2D eigenvalue weighted by Crippen LogP contribution is 2.18. The molecule has 1 fully saturated rings. The van der Waals surface area contributed by atoms with E-state index in [1.165, 1.54) is 0 Å². The van der Waals surface area contributed by atoms with Crippen molar-refractivity contribution in [1.82, 2.24) is 10.2 Å². The first-order valence-electron chi connectivity index (χ1n) is 7.32. The molecule has 0 saturated carbocycles. The van der Waals surface area contributed by atoms with Gasteiger partial charge in [-0.2, -0.15) is 0 Å². The van der Waals surface area contributed by atoms with Gasteiger partial charge in [-0.15, -0.1) is 0 Å². The van der Waals surface area contributed by atoms with E-state index in [4.69, 9.17) is 0 Å². The lowest BCUT2D eigenvalue weighted by molar-refractivity contribution is -0.128. The molecule has 0 aliphatic carbocycles. The van der Waals surface area contributed by atoms with Gasteiger partial charge in [0.25, 0.3) is 0 Å². The standard InChI is InChI=1S/C16H23N3O2/c1-11-7-8-17-15(11)16(21)18-14-6-4-5-13(9-14)10-19(3)12(2)20/h4-6,9,11,15,17H,7-8,10H2,1-3H3,(H,18,21). The zero-order chi connectivity index (χ0) is 15.4. The zero-order valence-corrected chi connectivity index (χ0v) is 12.8. The van der Waals surface area contributed by atoms with Crippen molar-refractivity contribution in [3.05, 3.63) is 29.8 Å². The number of rotatable bonds is 4. The summed E-state index contributed by atoms with van der Waals surface area (Å²) in [6.07, 6.45) is 1.03. The van der Waals surface area contributed by atoms with Gasteiger partial charge in [0.05, 0.1) is 6.04 Å². The average Bonchev–Trinajstić information content (AvgIpc) is 2.85. The topological polar surface area (TPSA) is 61.4 Å². The lowest BCUT2D eigenvalue weighted by atomic mass is 10.0. The molecule has 114 valence electrons. The number of nitrogens with zero attached hydrogens (tertiary/aromatic N) is 1. The zero-order valence-electron chi connectivity index (χ0n) is 12.8. The van der Waals surface area contributed by atoms with Crippen LogP contribution in [0.4, 0.5) is 5.69 Å². The number of hydrogen-bond donors (Lipinski definition) is 2. The molecule has 1 saturated heterocycles. The van der Waals surface area contributed by atoms with Crippen molar-refractivity contribution in [1.29, 1.82) is 0 Å². The summed E-state index contributed by atoms with van der Waals surface area (Å²) < 4.78 is 0. The van der Waals surface area contributed by atoms with E-state index in [0.717, 1.165) is 24.2 Å². The van der Waals surface area contributed by atoms with Gasteiger partial charge in [0.2, 0.25) is 11.8 Å². The summed E-state index contributed by atoms with van der Waals surface area (Å²) in [6, 6.07) is 7.51. The van der Waals surface area contributed by atoms with Gasteiger partial charge in [-0.1, -0.05) is 19.1 Å². The molecule has 1 aromatic rings. The summed E-state index contributed by atoms with van der Waals surface area (Å²) in [4.78, 5) is 25.1. The maximum Gasteiger partial charge on any atom is 0.241 e. The second kappa shape index (κ2) is 6.72. The van der Waals surface area contributed by atoms with Gasteiger partial charge in [0, 0.05) is 26.2 Å². The van der Waals surface area contributed by atoms with Gasteiger partial charge in [0.15, 0.2) is 0 Å². The third kappa shape index (κ3) is 4.04. The molecule has 21 heavy (non-hydrogen) atoms. The van der Waals surface area contributed by atoms with Crippen molar-refractivity contribution < 1.29 is 9.59 Å². The van der Waals surface area contributed by atoms with E-state index in [1.54, 1.807) is 18.9 Å². The Bertz CT molecular complexity index is 530. The highest BCUT2D eigenvalue weighted by molar-refractivity contribution is 5.95. The minimum atomic E-state index is -0.117. The largest absolute Gasteiger partial charge is 0.342 e. The van der Waals surface area contributed by atoms with Gasteiger partial charge < -0.3 is 15.5 Å². The number of amides is 2. The first-order chi connectivity index (χ1) is 9.97. The first kappa shape index (κ1) is 15.5. The summed E-state index contributed by atoms with van der Waals surface area (Å²) in [5.74, 6) is 0.391. The number of carbonyl (C=O) groups is 2. The summed E-state index contributed by atoms with van der Waals surface area (Å²) in [5.41, 5.74) is 1.77. The summed E-state index contributed by atoms with van der Waals surface area (Å²) in [6.45, 7) is 5.06. The molecule has 0 aromatic heterocycles. The van der Waals surface area contributed by atoms with E-state index < -0.39 is 0 Å². The Hall–Kier alpha value is -1.88. The molecule has 0 radical (unpaired) electrons. The fourth-order valence-corrected chi connectivity index (χ4v) is 2.54. The van der Waals surface area contributed by atoms with Crippen LogP contribution in [-0.2, 0) is 16.1 Å². The fourth-order valence-electron chi connectivity index (χ4n) is 2.54. The third-order valence-electron chi connectivity index (χ3n) is 3.97. The normalized spacial score (nSPS) is 21.1. The SMILES string of the molecule is CC(=O)N(C)Cc1cccc(NC(=O)C2NCCC2C)c1. The molecular weight excluding hydrogens is 266 g/mol. The Kier molecular flexibility index (Phi) is 4.96. The van der Waals surface area contributed by atoms with Gasteiger partial charge in [-0.05, 0) is 36.6 Å². The summed E-state index contributed by atoms with van der Waals surface area (Å²) in [5, 5.41) is 6.18. The van der Waals surface area contributed by atoms with Crippen LogP contribution in [0, 0.1) is 5.92 Å². The summed E-state index contributed by atoms with van der Waals surface area (Å²) >= 11 is 0. The number of anilines is 1. The molecule has 5 heteroatoms. The minimum Gasteiger partial charge on any atom is -0.342 e. The molecule has 1 heterocycles. The fraction of sp³-hybridized carbons (Fsp3) is 0.500. The van der Waals surface area contributed by atoms with Crippen LogP contribution in [0.25, 0.3) is 0 Å². The van der Waals surface area contributed by atoms with Crippen LogP contribution in [0.15, 0.2) is 24.3 Å². The van der Waals surface area contributed by atoms with E-state index in [0.29, 0.717) is 12.5 Å². The van der Waals surface area contributed by atoms with Crippen LogP contribution in [0.5, 0.6) is 0 Å². The average molecular weight is 289 g/mol. The monoisotopic (exact) mass is 289 g/mol. The smallest absolute Gasteiger partial charge is 0.241 e. The summed E-state index contributed by atoms with van der Waals surface area (Å²) in [7, 11) is 1.76. The van der Waals surface area contributed by atoms with Gasteiger partial charge in [-0.25, -0.2) is 0 Å². The molecule has 2 unspecified atom stereocenters. The molecule has 1 aromatic carbocycles. The highest BCUT2D eigenvalue weighted by atomic mass is 16.2. The molecule has 2 amide bonds. The van der Waals surface area contributed by atoms with Crippen molar-refractivity contribution in [2.45, 2.75) is 32.9 Å². The van der Waals surface area contributed by atoms with Crippen molar-refractivity contribution >= 4 is 17.5 Å². The van der Waals surface area contributed by atoms with E-state index >= 15 is 0 Å². The molecule has 0 spiro atoms. The Morgan fingerprint density at radius 1 is 1.43 bits per heavy atom. The van der Waals surface area contributed by atoms with Crippen LogP contribution in [-0.4, -0.2) is 36.3 Å². The van der Waals surface area contributed by atoms with Crippen LogP contribution < -0.4 is 10.6 Å². The first-order valence-corrected chi connectivity index (χ1v) is 7.32. The molecule has 5 nitrogen and oxygen atoms in total. The van der Waals surface area contributed by atoms with Crippen molar-refractivity contribution in [3.63, 3.8) is 0 Å². The van der Waals surface area contributed by atoms with Crippen LogP contribution in [0.1, 0.15) is 25.8 Å². The molecule has 1 aliphatic rings. The van der Waals surface area contributed by atoms with Crippen molar-refractivity contribution in [3.8, 4) is 0 Å². The molecule has 0 bridgehead atoms. The highest BCUT2D eigenvalue weighted by Gasteiger charge is 2.29. The maximum absolute atomic E-state index is 12.2. The Balaban J connectivity index is 2.00. The molecule has 2 atom stereocenters. The van der Waals surface area contributed by atoms with E-state index in [1.807, 2.05) is 24.3 Å². The van der Waals surface area contributed by atoms with E-state index in [9.17, 15) is 9.59 Å². The number of carbonyl (C=O) groups excluding carboxylic acids is 2. The Morgan fingerprint density at radius 2 is 2.19 bits per heavy atom. The Labute approximate surface area is 125 Å². The lowest BCUT2D eigenvalue weighted by Gasteiger charge is -2.17. The predicted octanol–water partition coefficient (Wildman–Crippen LogP) is 1.60. The van der Waals surface area contributed by atoms with Crippen molar-refractivity contribution in [2.24, 2.45) is 5.92 Å². The van der Waals surface area contributed by atoms with E-state index in [-0.39, 0.29) is 17.9 Å². The quantitative estimate of drug-likeness (QED) is 0.885. The van der Waals surface area contributed by atoms with E-state index in [2.05, 4.69) is 17.6 Å². The molecule has 2 rings (SSSR count). The molecule has 1 aliphatic heterocycles. The van der Waals surface area contributed by atoms with Crippen LogP contribution >= 0.6 is 0 Å². The number of benzene rings is 1. The van der Waals surface area contributed by atoms with Crippen molar-refractivity contribution in [2.75, 3.05) is 18.9 Å². The van der Waals surface area contributed by atoms with Gasteiger partial charge in [0.1, 0.15) is 0 Å². The number of hydrogen-bond acceptors (Lipinski definition) is 3. The predicted molar refractivity (Wildman–Crippen MR) is 82.8 cm³/mol. The molecular formula is C16H23N3O2. The van der Waals surface area contributed by atoms with Gasteiger partial charge in [-0.3, -0.25) is 9.59 Å². The Morgan fingerprint density at radius 3 is 2.81 bits per heavy atom. The number of nitrogens with one attached hydrogen (secondary N) is 2. The van der Waals surface area contributed by atoms with Crippen LogP contribution in [0.2, 0.25) is 0 Å². The van der Waals surface area contributed by atoms with Crippen LogP contribution in [0.3, 0.4) is 0 Å². The lowest BCUT2D eigenvalue weighted by Crippen LogP contribution is -2.39. The third-order valence-corrected chi connectivity index (χ3v) is 3.97. The second-order valence-electron chi connectivity index (χ2n) is 5.76. The van der Waals surface area contributed by atoms with Gasteiger partial charge >= 0.3 is 0 Å². The molecule has 2 N–H and O–H groups in total. The second-order valence-corrected chi connectivity index (χ2v) is 5.76. The maximum atomic E-state index is 12.2. The minimum absolute atomic E-state index is 0.0112.